The van der Waals surface area contributed by atoms with Crippen LogP contribution in [0.15, 0.2) is 18.2 Å². The molecule has 0 unspecified atom stereocenters. The molecule has 0 nitrogen and oxygen atoms in total. The third-order valence-corrected chi connectivity index (χ3v) is 6.03. The second-order valence-corrected chi connectivity index (χ2v) is 7.47. The van der Waals surface area contributed by atoms with E-state index in [-0.39, 0.29) is 0 Å². The second kappa shape index (κ2) is 7.57. The Bertz CT molecular complexity index is 469. The molecule has 2 saturated carbocycles. The third-order valence-electron chi connectivity index (χ3n) is 6.03. The van der Waals surface area contributed by atoms with Crippen molar-refractivity contribution in [1.82, 2.24) is 0 Å². The van der Waals surface area contributed by atoms with Crippen molar-refractivity contribution in [2.45, 2.75) is 70.6 Å². The number of benzene rings is 1. The lowest BCUT2D eigenvalue weighted by molar-refractivity contribution is 0.163. The molecule has 0 saturated heterocycles. The molecule has 0 amide bonds. The van der Waals surface area contributed by atoms with Gasteiger partial charge in [-0.05, 0) is 61.1 Å². The van der Waals surface area contributed by atoms with Gasteiger partial charge in [0.2, 0.25) is 0 Å². The summed E-state index contributed by atoms with van der Waals surface area (Å²) in [5.74, 6) is 1.31. The molecular weight excluding hydrogens is 278 g/mol. The van der Waals surface area contributed by atoms with Crippen LogP contribution in [0.3, 0.4) is 0 Å². The predicted octanol–water partition coefficient (Wildman–Crippen LogP) is 6.28. The summed E-state index contributed by atoms with van der Waals surface area (Å²) in [6, 6.07) is 4.35. The molecule has 0 spiro atoms. The molecule has 1 aromatic rings. The summed E-state index contributed by atoms with van der Waals surface area (Å²) < 4.78 is 26.2. The van der Waals surface area contributed by atoms with Crippen molar-refractivity contribution in [1.29, 1.82) is 0 Å². The van der Waals surface area contributed by atoms with Crippen LogP contribution in [0.4, 0.5) is 8.78 Å². The van der Waals surface area contributed by atoms with Gasteiger partial charge in [0.1, 0.15) is 0 Å². The van der Waals surface area contributed by atoms with E-state index in [1.807, 2.05) is 0 Å². The minimum absolute atomic E-state index is 0.710. The van der Waals surface area contributed by atoms with E-state index in [4.69, 9.17) is 0 Å². The second-order valence-electron chi connectivity index (χ2n) is 7.47. The van der Waals surface area contributed by atoms with Crippen LogP contribution in [0.1, 0.15) is 69.8 Å². The van der Waals surface area contributed by atoms with Gasteiger partial charge in [-0.2, -0.15) is 0 Å². The third kappa shape index (κ3) is 4.08. The fraction of sp³-hybridized carbons (Fsp3) is 0.700. The van der Waals surface area contributed by atoms with Gasteiger partial charge < -0.3 is 0 Å². The van der Waals surface area contributed by atoms with Crippen LogP contribution in [0.2, 0.25) is 0 Å². The number of rotatable bonds is 4. The molecule has 0 atom stereocenters. The smallest absolute Gasteiger partial charge is 0.159 e. The summed E-state index contributed by atoms with van der Waals surface area (Å²) in [7, 11) is 0. The molecule has 2 aliphatic rings. The van der Waals surface area contributed by atoms with Crippen molar-refractivity contribution < 1.29 is 8.78 Å². The Morgan fingerprint density at radius 2 is 1.45 bits per heavy atom. The van der Waals surface area contributed by atoms with Gasteiger partial charge in [0.05, 0.1) is 0 Å². The van der Waals surface area contributed by atoms with Gasteiger partial charge in [0, 0.05) is 0 Å². The minimum atomic E-state index is -0.739. The van der Waals surface area contributed by atoms with Crippen LogP contribution in [0, 0.1) is 29.4 Å². The van der Waals surface area contributed by atoms with Crippen LogP contribution in [-0.4, -0.2) is 0 Å². The molecule has 1 aromatic carbocycles. The molecule has 3 rings (SSSR count). The highest BCUT2D eigenvalue weighted by atomic mass is 19.2. The fourth-order valence-electron chi connectivity index (χ4n) is 4.62. The molecule has 2 heteroatoms. The summed E-state index contributed by atoms with van der Waals surface area (Å²) in [5.41, 5.74) is 0.938. The maximum atomic E-state index is 13.2. The summed E-state index contributed by atoms with van der Waals surface area (Å²) >= 11 is 0. The van der Waals surface area contributed by atoms with Crippen molar-refractivity contribution in [3.63, 3.8) is 0 Å². The van der Waals surface area contributed by atoms with E-state index < -0.39 is 11.6 Å². The van der Waals surface area contributed by atoms with Crippen LogP contribution < -0.4 is 0 Å². The standard InChI is InChI=1S/C20H28F2/c21-19-13-10-16(14-20(19)22)7-6-15-8-11-18(12-9-15)17-4-2-1-3-5-17/h10,13-15,17-18H,1-9,11-12H2. The summed E-state index contributed by atoms with van der Waals surface area (Å²) in [4.78, 5) is 0. The molecule has 0 radical (unpaired) electrons. The first kappa shape index (κ1) is 16.0. The Kier molecular flexibility index (Phi) is 5.49. The average molecular weight is 306 g/mol. The molecule has 122 valence electrons. The Balaban J connectivity index is 1.42. The van der Waals surface area contributed by atoms with Crippen LogP contribution in [-0.2, 0) is 6.42 Å². The number of hydrogen-bond acceptors (Lipinski definition) is 0. The Morgan fingerprint density at radius 1 is 0.773 bits per heavy atom. The Hall–Kier alpha value is -0.920. The lowest BCUT2D eigenvalue weighted by atomic mass is 9.70. The van der Waals surface area contributed by atoms with Crippen molar-refractivity contribution in [3.05, 3.63) is 35.4 Å². The first-order valence-corrected chi connectivity index (χ1v) is 9.16. The largest absolute Gasteiger partial charge is 0.204 e. The van der Waals surface area contributed by atoms with Crippen LogP contribution >= 0.6 is 0 Å². The van der Waals surface area contributed by atoms with Crippen LogP contribution in [0.5, 0.6) is 0 Å². The van der Waals surface area contributed by atoms with E-state index in [1.165, 1.54) is 69.9 Å². The van der Waals surface area contributed by atoms with Crippen molar-refractivity contribution >= 4 is 0 Å². The Morgan fingerprint density at radius 3 is 2.14 bits per heavy atom. The first-order valence-electron chi connectivity index (χ1n) is 9.16. The van der Waals surface area contributed by atoms with Crippen molar-refractivity contribution in [2.75, 3.05) is 0 Å². The zero-order chi connectivity index (χ0) is 15.4. The van der Waals surface area contributed by atoms with Crippen molar-refractivity contribution in [2.24, 2.45) is 17.8 Å². The summed E-state index contributed by atoms with van der Waals surface area (Å²) in [6.45, 7) is 0. The van der Waals surface area contributed by atoms with Gasteiger partial charge in [0.15, 0.2) is 11.6 Å². The maximum Gasteiger partial charge on any atom is 0.159 e. The highest BCUT2D eigenvalue weighted by molar-refractivity contribution is 5.17. The average Bonchev–Trinajstić information content (AvgIpc) is 2.57. The van der Waals surface area contributed by atoms with E-state index >= 15 is 0 Å². The van der Waals surface area contributed by atoms with E-state index in [2.05, 4.69) is 0 Å². The highest BCUT2D eigenvalue weighted by Crippen LogP contribution is 2.40. The quantitative estimate of drug-likeness (QED) is 0.613. The zero-order valence-electron chi connectivity index (χ0n) is 13.5. The van der Waals surface area contributed by atoms with Gasteiger partial charge in [-0.3, -0.25) is 0 Å². The van der Waals surface area contributed by atoms with E-state index in [0.29, 0.717) is 0 Å². The highest BCUT2D eigenvalue weighted by Gasteiger charge is 2.28. The molecule has 22 heavy (non-hydrogen) atoms. The molecule has 0 bridgehead atoms. The lowest BCUT2D eigenvalue weighted by Gasteiger charge is -2.36. The van der Waals surface area contributed by atoms with E-state index in [1.54, 1.807) is 6.07 Å². The minimum Gasteiger partial charge on any atom is -0.204 e. The van der Waals surface area contributed by atoms with Gasteiger partial charge in [-0.15, -0.1) is 0 Å². The molecule has 2 aliphatic carbocycles. The fourth-order valence-corrected chi connectivity index (χ4v) is 4.62. The topological polar surface area (TPSA) is 0 Å². The molecular formula is C20H28F2. The lowest BCUT2D eigenvalue weighted by Crippen LogP contribution is -2.23. The molecule has 2 fully saturated rings. The zero-order valence-corrected chi connectivity index (χ0v) is 13.5. The van der Waals surface area contributed by atoms with Crippen molar-refractivity contribution in [3.8, 4) is 0 Å². The SMILES string of the molecule is Fc1ccc(CCC2CCC(C3CCCCC3)CC2)cc1F. The van der Waals surface area contributed by atoms with Crippen LogP contribution in [0.25, 0.3) is 0 Å². The monoisotopic (exact) mass is 306 g/mol. The Labute approximate surface area is 133 Å². The van der Waals surface area contributed by atoms with E-state index in [0.717, 1.165) is 36.2 Å². The molecule has 0 aliphatic heterocycles. The molecule has 0 aromatic heterocycles. The van der Waals surface area contributed by atoms with E-state index in [9.17, 15) is 8.78 Å². The van der Waals surface area contributed by atoms with Gasteiger partial charge >= 0.3 is 0 Å². The van der Waals surface area contributed by atoms with Gasteiger partial charge in [-0.1, -0.05) is 51.0 Å². The predicted molar refractivity (Wildman–Crippen MR) is 86.7 cm³/mol. The number of halogens is 2. The molecule has 0 N–H and O–H groups in total. The normalized spacial score (nSPS) is 27.0. The van der Waals surface area contributed by atoms with Gasteiger partial charge in [0.25, 0.3) is 0 Å². The molecule has 0 heterocycles. The first-order chi connectivity index (χ1) is 10.7. The number of hydrogen-bond donors (Lipinski definition) is 0. The maximum absolute atomic E-state index is 13.2. The van der Waals surface area contributed by atoms with Gasteiger partial charge in [-0.25, -0.2) is 8.78 Å². The summed E-state index contributed by atoms with van der Waals surface area (Å²) in [6.07, 6.45) is 14.7. The number of aryl methyl sites for hydroxylation is 1. The summed E-state index contributed by atoms with van der Waals surface area (Å²) in [5, 5.41) is 0.